The molecular weight excluding hydrogens is 310 g/mol. The van der Waals surface area contributed by atoms with E-state index >= 15 is 0 Å². The van der Waals surface area contributed by atoms with Crippen molar-refractivity contribution in [3.8, 4) is 0 Å². The molecule has 2 aromatic carbocycles. The molecule has 134 valence electrons. The van der Waals surface area contributed by atoms with Crippen LogP contribution in [0.4, 0.5) is 0 Å². The first-order chi connectivity index (χ1) is 12.0. The second-order valence-corrected chi connectivity index (χ2v) is 7.12. The molecule has 3 heteroatoms. The number of benzene rings is 2. The Balaban J connectivity index is 1.74. The van der Waals surface area contributed by atoms with Crippen molar-refractivity contribution in [3.05, 3.63) is 71.3 Å². The van der Waals surface area contributed by atoms with Gasteiger partial charge in [-0.1, -0.05) is 54.6 Å². The van der Waals surface area contributed by atoms with Crippen LogP contribution in [0.25, 0.3) is 0 Å². The van der Waals surface area contributed by atoms with Crippen molar-refractivity contribution in [1.29, 1.82) is 0 Å². The molecule has 0 aliphatic carbocycles. The van der Waals surface area contributed by atoms with Crippen molar-refractivity contribution in [3.63, 3.8) is 0 Å². The summed E-state index contributed by atoms with van der Waals surface area (Å²) in [5.74, 6) is 0.207. The summed E-state index contributed by atoms with van der Waals surface area (Å²) in [7, 11) is 0. The van der Waals surface area contributed by atoms with Crippen LogP contribution in [0.5, 0.6) is 0 Å². The Labute approximate surface area is 150 Å². The number of carbonyl (C=O) groups excluding carboxylic acids is 1. The monoisotopic (exact) mass is 339 g/mol. The molecule has 2 aromatic rings. The van der Waals surface area contributed by atoms with E-state index in [9.17, 15) is 9.90 Å². The molecular formula is C22H29NO2. The van der Waals surface area contributed by atoms with E-state index in [2.05, 4.69) is 24.3 Å². The van der Waals surface area contributed by atoms with Gasteiger partial charge in [-0.2, -0.15) is 0 Å². The number of carbonyl (C=O) groups is 1. The van der Waals surface area contributed by atoms with Gasteiger partial charge in [0.2, 0.25) is 0 Å². The highest BCUT2D eigenvalue weighted by atomic mass is 16.3. The maximum absolute atomic E-state index is 12.3. The van der Waals surface area contributed by atoms with Crippen LogP contribution in [0.3, 0.4) is 0 Å². The van der Waals surface area contributed by atoms with Crippen molar-refractivity contribution in [2.45, 2.75) is 51.0 Å². The van der Waals surface area contributed by atoms with Crippen LogP contribution in [0.2, 0.25) is 0 Å². The highest BCUT2D eigenvalue weighted by molar-refractivity contribution is 5.96. The largest absolute Gasteiger partial charge is 0.394 e. The quantitative estimate of drug-likeness (QED) is 0.509. The third kappa shape index (κ3) is 6.81. The van der Waals surface area contributed by atoms with E-state index in [1.807, 2.05) is 37.3 Å². The van der Waals surface area contributed by atoms with E-state index in [1.165, 1.54) is 5.56 Å². The zero-order chi connectivity index (χ0) is 18.1. The van der Waals surface area contributed by atoms with Gasteiger partial charge in [-0.25, -0.2) is 0 Å². The predicted molar refractivity (Wildman–Crippen MR) is 103 cm³/mol. The van der Waals surface area contributed by atoms with Gasteiger partial charge in [0, 0.05) is 17.5 Å². The number of aliphatic hydroxyl groups is 1. The minimum absolute atomic E-state index is 0.0213. The summed E-state index contributed by atoms with van der Waals surface area (Å²) in [4.78, 5) is 12.3. The molecule has 3 nitrogen and oxygen atoms in total. The first-order valence-electron chi connectivity index (χ1n) is 9.06. The van der Waals surface area contributed by atoms with Crippen molar-refractivity contribution < 1.29 is 9.90 Å². The number of unbranched alkanes of at least 4 members (excludes halogenated alkanes) is 1. The zero-order valence-corrected chi connectivity index (χ0v) is 15.1. The fourth-order valence-corrected chi connectivity index (χ4v) is 2.77. The van der Waals surface area contributed by atoms with Gasteiger partial charge in [0.25, 0.3) is 0 Å². The summed E-state index contributed by atoms with van der Waals surface area (Å²) in [6.45, 7) is 1.83. The number of aliphatic hydroxyl groups excluding tert-OH is 1. The number of rotatable bonds is 10. The van der Waals surface area contributed by atoms with Crippen LogP contribution >= 0.6 is 0 Å². The average Bonchev–Trinajstić information content (AvgIpc) is 2.65. The SMILES string of the molecule is CC(N)(CO)CCc1ccc(C(=O)CCCCc2ccccc2)cc1. The van der Waals surface area contributed by atoms with Crippen LogP contribution in [0.1, 0.15) is 54.1 Å². The van der Waals surface area contributed by atoms with Gasteiger partial charge >= 0.3 is 0 Å². The minimum Gasteiger partial charge on any atom is -0.394 e. The first-order valence-corrected chi connectivity index (χ1v) is 9.06. The molecule has 0 heterocycles. The van der Waals surface area contributed by atoms with Gasteiger partial charge in [0.05, 0.1) is 6.61 Å². The van der Waals surface area contributed by atoms with E-state index < -0.39 is 5.54 Å². The lowest BCUT2D eigenvalue weighted by Gasteiger charge is -2.21. The Morgan fingerprint density at radius 1 is 0.960 bits per heavy atom. The van der Waals surface area contributed by atoms with Gasteiger partial charge in [-0.15, -0.1) is 0 Å². The molecule has 1 atom stereocenters. The normalized spacial score (nSPS) is 13.4. The number of hydrogen-bond acceptors (Lipinski definition) is 3. The number of ketones is 1. The zero-order valence-electron chi connectivity index (χ0n) is 15.1. The molecule has 0 aliphatic heterocycles. The van der Waals surface area contributed by atoms with E-state index in [1.54, 1.807) is 0 Å². The number of nitrogens with two attached hydrogens (primary N) is 1. The van der Waals surface area contributed by atoms with Gasteiger partial charge < -0.3 is 10.8 Å². The second-order valence-electron chi connectivity index (χ2n) is 7.12. The third-order valence-corrected chi connectivity index (χ3v) is 4.58. The Hall–Kier alpha value is -1.97. The maximum Gasteiger partial charge on any atom is 0.162 e. The van der Waals surface area contributed by atoms with Crippen LogP contribution in [0.15, 0.2) is 54.6 Å². The lowest BCUT2D eigenvalue weighted by atomic mass is 9.94. The first kappa shape index (κ1) is 19.4. The van der Waals surface area contributed by atoms with Crippen LogP contribution in [-0.4, -0.2) is 23.0 Å². The van der Waals surface area contributed by atoms with E-state index in [0.717, 1.165) is 43.2 Å². The fraction of sp³-hybridized carbons (Fsp3) is 0.409. The molecule has 0 spiro atoms. The topological polar surface area (TPSA) is 63.3 Å². The maximum atomic E-state index is 12.3. The van der Waals surface area contributed by atoms with Crippen molar-refractivity contribution in [2.75, 3.05) is 6.61 Å². The van der Waals surface area contributed by atoms with Crippen LogP contribution < -0.4 is 5.73 Å². The van der Waals surface area contributed by atoms with Gasteiger partial charge in [-0.05, 0) is 50.2 Å². The summed E-state index contributed by atoms with van der Waals surface area (Å²) >= 11 is 0. The Morgan fingerprint density at radius 3 is 2.24 bits per heavy atom. The van der Waals surface area contributed by atoms with Gasteiger partial charge in [0.15, 0.2) is 5.78 Å². The Morgan fingerprint density at radius 2 is 1.60 bits per heavy atom. The summed E-state index contributed by atoms with van der Waals surface area (Å²) in [6.07, 6.45) is 5.09. The third-order valence-electron chi connectivity index (χ3n) is 4.58. The Bertz CT molecular complexity index is 647. The molecule has 0 fully saturated rings. The average molecular weight is 339 g/mol. The molecule has 0 aliphatic rings. The Kier molecular flexibility index (Phi) is 7.35. The molecule has 2 rings (SSSR count). The molecule has 0 saturated carbocycles. The molecule has 1 unspecified atom stereocenters. The summed E-state index contributed by atoms with van der Waals surface area (Å²) < 4.78 is 0. The summed E-state index contributed by atoms with van der Waals surface area (Å²) in [5.41, 5.74) is 8.65. The smallest absolute Gasteiger partial charge is 0.162 e. The predicted octanol–water partition coefficient (Wildman–Crippen LogP) is 3.92. The molecule has 0 amide bonds. The van der Waals surface area contributed by atoms with Crippen molar-refractivity contribution in [2.24, 2.45) is 5.73 Å². The van der Waals surface area contributed by atoms with E-state index in [4.69, 9.17) is 5.73 Å². The lowest BCUT2D eigenvalue weighted by molar-refractivity contribution is 0.0979. The molecule has 3 N–H and O–H groups in total. The number of aryl methyl sites for hydroxylation is 2. The van der Waals surface area contributed by atoms with Crippen LogP contribution in [0, 0.1) is 0 Å². The van der Waals surface area contributed by atoms with E-state index in [0.29, 0.717) is 6.42 Å². The number of hydrogen-bond donors (Lipinski definition) is 2. The molecule has 0 aromatic heterocycles. The van der Waals surface area contributed by atoms with E-state index in [-0.39, 0.29) is 12.4 Å². The summed E-state index contributed by atoms with van der Waals surface area (Å²) in [6, 6.07) is 18.2. The molecule has 0 bridgehead atoms. The van der Waals surface area contributed by atoms with Crippen molar-refractivity contribution in [1.82, 2.24) is 0 Å². The fourth-order valence-electron chi connectivity index (χ4n) is 2.77. The highest BCUT2D eigenvalue weighted by Gasteiger charge is 2.16. The van der Waals surface area contributed by atoms with Crippen molar-refractivity contribution >= 4 is 5.78 Å². The number of Topliss-reactive ketones (excluding diaryl/α,β-unsaturated/α-hetero) is 1. The second kappa shape index (κ2) is 9.50. The van der Waals surface area contributed by atoms with Crippen LogP contribution in [-0.2, 0) is 12.8 Å². The minimum atomic E-state index is -0.548. The standard InChI is InChI=1S/C22H29NO2/c1-22(23,17-24)16-15-19-11-13-20(14-12-19)21(25)10-6-5-9-18-7-3-2-4-8-18/h2-4,7-8,11-14,24H,5-6,9-10,15-17,23H2,1H3. The van der Waals surface area contributed by atoms with Gasteiger partial charge in [-0.3, -0.25) is 4.79 Å². The lowest BCUT2D eigenvalue weighted by Crippen LogP contribution is -2.40. The molecule has 25 heavy (non-hydrogen) atoms. The molecule has 0 radical (unpaired) electrons. The highest BCUT2D eigenvalue weighted by Crippen LogP contribution is 2.14. The molecule has 0 saturated heterocycles. The van der Waals surface area contributed by atoms with Gasteiger partial charge in [0.1, 0.15) is 0 Å². The summed E-state index contributed by atoms with van der Waals surface area (Å²) in [5, 5.41) is 9.19.